The molecule has 3 rings (SSSR count). The van der Waals surface area contributed by atoms with Crippen molar-refractivity contribution in [1.82, 2.24) is 19.5 Å². The Morgan fingerprint density at radius 1 is 1.18 bits per heavy atom. The van der Waals surface area contributed by atoms with Gasteiger partial charge in [-0.2, -0.15) is 0 Å². The fraction of sp³-hybridized carbons (Fsp3) is 0.263. The lowest BCUT2D eigenvalue weighted by atomic mass is 10.1. The normalized spacial score (nSPS) is 10.8. The summed E-state index contributed by atoms with van der Waals surface area (Å²) in [4.78, 5) is 48.9. The molecule has 2 aromatic heterocycles. The smallest absolute Gasteiger partial charge is 0.265 e. The molecule has 0 bridgehead atoms. The van der Waals surface area contributed by atoms with Crippen LogP contribution in [-0.4, -0.2) is 37.0 Å². The number of ketones is 1. The molecule has 8 nitrogen and oxygen atoms in total. The van der Waals surface area contributed by atoms with E-state index >= 15 is 0 Å². The Morgan fingerprint density at radius 2 is 1.89 bits per heavy atom. The number of nitrogens with one attached hydrogen (secondary N) is 1. The van der Waals surface area contributed by atoms with E-state index in [1.165, 1.54) is 29.4 Å². The van der Waals surface area contributed by atoms with Gasteiger partial charge in [0.25, 0.3) is 5.56 Å². The van der Waals surface area contributed by atoms with E-state index in [-0.39, 0.29) is 23.0 Å². The van der Waals surface area contributed by atoms with Gasteiger partial charge in [-0.1, -0.05) is 11.8 Å². The summed E-state index contributed by atoms with van der Waals surface area (Å²) in [5.41, 5.74) is 1.27. The molecule has 144 valence electrons. The van der Waals surface area contributed by atoms with Crippen molar-refractivity contribution in [3.8, 4) is 0 Å². The Kier molecular flexibility index (Phi) is 5.84. The zero-order valence-electron chi connectivity index (χ0n) is 15.7. The molecular weight excluding hydrogens is 378 g/mol. The summed E-state index contributed by atoms with van der Waals surface area (Å²) in [5.74, 6) is 0.330. The first-order chi connectivity index (χ1) is 13.4. The Labute approximate surface area is 165 Å². The van der Waals surface area contributed by atoms with E-state index in [1.807, 2.05) is 6.92 Å². The second-order valence-corrected chi connectivity index (χ2v) is 7.01. The van der Waals surface area contributed by atoms with Crippen molar-refractivity contribution in [2.45, 2.75) is 32.5 Å². The lowest BCUT2D eigenvalue weighted by Gasteiger charge is -2.11. The second kappa shape index (κ2) is 8.30. The molecule has 1 amide bonds. The number of rotatable bonds is 6. The number of thioether (sulfide) groups is 1. The highest BCUT2D eigenvalue weighted by atomic mass is 32.2. The molecule has 0 radical (unpaired) electrons. The van der Waals surface area contributed by atoms with E-state index < -0.39 is 0 Å². The summed E-state index contributed by atoms with van der Waals surface area (Å²) in [6.45, 7) is 5.47. The molecule has 0 atom stereocenters. The number of nitrogens with zero attached hydrogens (tertiary/aromatic N) is 4. The van der Waals surface area contributed by atoms with Crippen molar-refractivity contribution < 1.29 is 9.59 Å². The van der Waals surface area contributed by atoms with E-state index in [0.29, 0.717) is 39.8 Å². The van der Waals surface area contributed by atoms with Crippen LogP contribution in [0.3, 0.4) is 0 Å². The van der Waals surface area contributed by atoms with Crippen LogP contribution in [0.4, 0.5) is 5.69 Å². The molecule has 28 heavy (non-hydrogen) atoms. The molecule has 0 spiro atoms. The number of benzene rings is 1. The predicted molar refractivity (Wildman–Crippen MR) is 108 cm³/mol. The number of hydrogen-bond donors (Lipinski definition) is 1. The Morgan fingerprint density at radius 3 is 2.54 bits per heavy atom. The average Bonchev–Trinajstić information content (AvgIpc) is 2.66. The van der Waals surface area contributed by atoms with Crippen LogP contribution in [0.5, 0.6) is 0 Å². The third-order valence-electron chi connectivity index (χ3n) is 4.02. The quantitative estimate of drug-likeness (QED) is 0.387. The molecule has 0 fully saturated rings. The molecule has 1 aromatic carbocycles. The van der Waals surface area contributed by atoms with Crippen LogP contribution in [0.2, 0.25) is 0 Å². The minimum atomic E-state index is -0.239. The fourth-order valence-electron chi connectivity index (χ4n) is 2.58. The van der Waals surface area contributed by atoms with Crippen LogP contribution in [0.15, 0.2) is 40.4 Å². The number of aryl methyl sites for hydroxylation is 1. The maximum absolute atomic E-state index is 12.6. The lowest BCUT2D eigenvalue weighted by molar-refractivity contribution is -0.113. The minimum Gasteiger partial charge on any atom is -0.325 e. The van der Waals surface area contributed by atoms with Gasteiger partial charge >= 0.3 is 0 Å². The summed E-state index contributed by atoms with van der Waals surface area (Å²) >= 11 is 1.17. The van der Waals surface area contributed by atoms with Crippen molar-refractivity contribution in [2.24, 2.45) is 0 Å². The van der Waals surface area contributed by atoms with Gasteiger partial charge in [0, 0.05) is 24.0 Å². The molecule has 0 saturated heterocycles. The van der Waals surface area contributed by atoms with Crippen LogP contribution in [0.1, 0.15) is 30.0 Å². The predicted octanol–water partition coefficient (Wildman–Crippen LogP) is 2.45. The lowest BCUT2D eigenvalue weighted by Crippen LogP contribution is -2.24. The van der Waals surface area contributed by atoms with Crippen molar-refractivity contribution in [2.75, 3.05) is 11.1 Å². The Hall–Kier alpha value is -3.07. The molecule has 0 aliphatic heterocycles. The van der Waals surface area contributed by atoms with Crippen LogP contribution < -0.4 is 10.9 Å². The van der Waals surface area contributed by atoms with Gasteiger partial charge in [0.1, 0.15) is 11.2 Å². The highest BCUT2D eigenvalue weighted by molar-refractivity contribution is 7.99. The molecule has 3 aromatic rings. The number of hydrogen-bond acceptors (Lipinski definition) is 7. The van der Waals surface area contributed by atoms with Crippen molar-refractivity contribution in [1.29, 1.82) is 0 Å². The first-order valence-corrected chi connectivity index (χ1v) is 9.65. The first-order valence-electron chi connectivity index (χ1n) is 8.67. The summed E-state index contributed by atoms with van der Waals surface area (Å²) in [6, 6.07) is 6.67. The molecule has 0 aliphatic rings. The van der Waals surface area contributed by atoms with Gasteiger partial charge in [0.05, 0.1) is 5.75 Å². The fourth-order valence-corrected chi connectivity index (χ4v) is 3.43. The number of Topliss-reactive ketones (excluding diaryl/α,β-unsaturated/α-hetero) is 1. The second-order valence-electron chi connectivity index (χ2n) is 6.07. The molecule has 0 saturated carbocycles. The zero-order chi connectivity index (χ0) is 20.3. The average molecular weight is 397 g/mol. The topological polar surface area (TPSA) is 107 Å². The van der Waals surface area contributed by atoms with Crippen LogP contribution in [0.25, 0.3) is 11.0 Å². The van der Waals surface area contributed by atoms with Gasteiger partial charge in [-0.3, -0.25) is 19.0 Å². The van der Waals surface area contributed by atoms with Gasteiger partial charge in [-0.05, 0) is 45.0 Å². The van der Waals surface area contributed by atoms with Gasteiger partial charge < -0.3 is 5.32 Å². The standard InChI is InChI=1S/C19H19N5O3S/c1-4-24-18(27)15-9-20-12(3)21-17(15)23-19(24)28-10-16(26)22-14-7-5-13(6-8-14)11(2)25/h5-9H,4,10H2,1-3H3,(H,22,26). The van der Waals surface area contributed by atoms with E-state index in [0.717, 1.165) is 0 Å². The molecular formula is C19H19N5O3S. The number of carbonyl (C=O) groups excluding carboxylic acids is 2. The van der Waals surface area contributed by atoms with Crippen molar-refractivity contribution in [3.05, 3.63) is 52.2 Å². The van der Waals surface area contributed by atoms with Gasteiger partial charge in [0.15, 0.2) is 16.6 Å². The van der Waals surface area contributed by atoms with Gasteiger partial charge in [0.2, 0.25) is 5.91 Å². The molecule has 0 unspecified atom stereocenters. The molecule has 0 aliphatic carbocycles. The highest BCUT2D eigenvalue weighted by Crippen LogP contribution is 2.18. The van der Waals surface area contributed by atoms with Crippen molar-refractivity contribution >= 4 is 40.2 Å². The molecule has 1 N–H and O–H groups in total. The summed E-state index contributed by atoms with van der Waals surface area (Å²) in [6.07, 6.45) is 1.48. The largest absolute Gasteiger partial charge is 0.325 e. The van der Waals surface area contributed by atoms with E-state index in [9.17, 15) is 14.4 Å². The van der Waals surface area contributed by atoms with Gasteiger partial charge in [-0.25, -0.2) is 15.0 Å². The number of anilines is 1. The van der Waals surface area contributed by atoms with Crippen molar-refractivity contribution in [3.63, 3.8) is 0 Å². The Balaban J connectivity index is 1.76. The van der Waals surface area contributed by atoms with E-state index in [2.05, 4.69) is 20.3 Å². The monoisotopic (exact) mass is 397 g/mol. The van der Waals surface area contributed by atoms with E-state index in [4.69, 9.17) is 0 Å². The third kappa shape index (κ3) is 4.25. The maximum atomic E-state index is 12.6. The Bertz CT molecular complexity index is 1110. The highest BCUT2D eigenvalue weighted by Gasteiger charge is 2.14. The first kappa shape index (κ1) is 19.7. The number of fused-ring (bicyclic) bond motifs is 1. The SMILES string of the molecule is CCn1c(SCC(=O)Nc2ccc(C(C)=O)cc2)nc2nc(C)ncc2c1=O. The van der Waals surface area contributed by atoms with Gasteiger partial charge in [-0.15, -0.1) is 0 Å². The van der Waals surface area contributed by atoms with Crippen LogP contribution >= 0.6 is 11.8 Å². The number of amides is 1. The van der Waals surface area contributed by atoms with Crippen LogP contribution in [-0.2, 0) is 11.3 Å². The summed E-state index contributed by atoms with van der Waals surface area (Å²) in [7, 11) is 0. The molecule has 2 heterocycles. The van der Waals surface area contributed by atoms with E-state index in [1.54, 1.807) is 31.2 Å². The number of carbonyl (C=O) groups is 2. The summed E-state index contributed by atoms with van der Waals surface area (Å²) < 4.78 is 1.50. The van der Waals surface area contributed by atoms with Crippen LogP contribution in [0, 0.1) is 6.92 Å². The zero-order valence-corrected chi connectivity index (χ0v) is 16.5. The summed E-state index contributed by atoms with van der Waals surface area (Å²) in [5, 5.41) is 3.55. The number of aromatic nitrogens is 4. The third-order valence-corrected chi connectivity index (χ3v) is 5.00. The minimum absolute atomic E-state index is 0.0348. The molecule has 9 heteroatoms. The maximum Gasteiger partial charge on any atom is 0.265 e.